The van der Waals surface area contributed by atoms with Gasteiger partial charge in [-0.3, -0.25) is 10.1 Å². The molecule has 0 saturated heterocycles. The second kappa shape index (κ2) is 5.90. The third kappa shape index (κ3) is 3.56. The number of benzene rings is 1. The number of nitro benzene ring substituents is 1. The van der Waals surface area contributed by atoms with E-state index >= 15 is 0 Å². The van der Waals surface area contributed by atoms with Crippen LogP contribution in [-0.4, -0.2) is 22.2 Å². The monoisotopic (exact) mass is 307 g/mol. The first-order valence-electron chi connectivity index (χ1n) is 5.57. The molecule has 9 heteroatoms. The summed E-state index contributed by atoms with van der Waals surface area (Å²) in [6, 6.07) is 1.52. The predicted octanol–water partition coefficient (Wildman–Crippen LogP) is 3.54. The summed E-state index contributed by atoms with van der Waals surface area (Å²) in [5, 5.41) is 19.4. The fraction of sp³-hybridized carbons (Fsp3) is 0.250. The number of nitrogens with zero attached hydrogens (tertiary/aromatic N) is 1. The van der Waals surface area contributed by atoms with Crippen LogP contribution >= 0.6 is 0 Å². The summed E-state index contributed by atoms with van der Waals surface area (Å²) in [5.41, 5.74) is -4.41. The molecular formula is C12H9F4NO4. The normalized spacial score (nSPS) is 12.8. The molecule has 21 heavy (non-hydrogen) atoms. The number of alkyl halides is 3. The highest BCUT2D eigenvalue weighted by Crippen LogP contribution is 2.38. The van der Waals surface area contributed by atoms with Crippen LogP contribution in [0.25, 0.3) is 5.57 Å². The summed E-state index contributed by atoms with van der Waals surface area (Å²) in [7, 11) is 0. The molecule has 0 aromatic heterocycles. The maximum atomic E-state index is 13.2. The van der Waals surface area contributed by atoms with E-state index in [2.05, 4.69) is 0 Å². The van der Waals surface area contributed by atoms with Crippen LogP contribution in [0, 0.1) is 15.9 Å². The number of halogens is 4. The minimum atomic E-state index is -5.05. The van der Waals surface area contributed by atoms with Gasteiger partial charge in [0.25, 0.3) is 0 Å². The van der Waals surface area contributed by atoms with Gasteiger partial charge in [-0.15, -0.1) is 0 Å². The first-order chi connectivity index (χ1) is 9.59. The van der Waals surface area contributed by atoms with Gasteiger partial charge >= 0.3 is 17.8 Å². The van der Waals surface area contributed by atoms with Gasteiger partial charge in [0.2, 0.25) is 5.82 Å². The molecule has 0 aliphatic carbocycles. The molecule has 1 rings (SSSR count). The van der Waals surface area contributed by atoms with Gasteiger partial charge in [-0.25, -0.2) is 4.79 Å². The predicted molar refractivity (Wildman–Crippen MR) is 64.0 cm³/mol. The van der Waals surface area contributed by atoms with E-state index < -0.39 is 51.7 Å². The molecule has 0 saturated carbocycles. The molecular weight excluding hydrogens is 298 g/mol. The fourth-order valence-corrected chi connectivity index (χ4v) is 1.75. The van der Waals surface area contributed by atoms with E-state index in [1.165, 1.54) is 6.92 Å². The molecule has 0 unspecified atom stereocenters. The Morgan fingerprint density at radius 1 is 1.38 bits per heavy atom. The molecule has 0 spiro atoms. The molecule has 114 valence electrons. The van der Waals surface area contributed by atoms with Crippen LogP contribution in [0.3, 0.4) is 0 Å². The van der Waals surface area contributed by atoms with Crippen LogP contribution in [0.1, 0.15) is 18.9 Å². The van der Waals surface area contributed by atoms with Gasteiger partial charge < -0.3 is 5.11 Å². The molecule has 0 atom stereocenters. The number of carboxylic acids is 1. The minimum absolute atomic E-state index is 0.372. The van der Waals surface area contributed by atoms with E-state index in [1.54, 1.807) is 0 Å². The smallest absolute Gasteiger partial charge is 0.417 e. The van der Waals surface area contributed by atoms with E-state index in [9.17, 15) is 32.5 Å². The number of carboxylic acid groups (broad SMARTS) is 1. The van der Waals surface area contributed by atoms with Gasteiger partial charge in [0.15, 0.2) is 0 Å². The van der Waals surface area contributed by atoms with Crippen molar-refractivity contribution in [3.05, 3.63) is 45.3 Å². The summed E-state index contributed by atoms with van der Waals surface area (Å²) >= 11 is 0. The van der Waals surface area contributed by atoms with Crippen LogP contribution in [0.4, 0.5) is 23.2 Å². The Labute approximate surface area is 115 Å². The summed E-state index contributed by atoms with van der Waals surface area (Å²) in [5.74, 6) is -3.10. The van der Waals surface area contributed by atoms with Gasteiger partial charge in [0.05, 0.1) is 10.5 Å². The lowest BCUT2D eigenvalue weighted by Gasteiger charge is -2.15. The van der Waals surface area contributed by atoms with Crippen molar-refractivity contribution >= 4 is 17.2 Å². The lowest BCUT2D eigenvalue weighted by molar-refractivity contribution is -0.387. The minimum Gasteiger partial charge on any atom is -0.478 e. The maximum Gasteiger partial charge on any atom is 0.417 e. The standard InChI is InChI=1S/C12H9F4NO4/c1-2-7(11(18)19)10(12(14,15)16)6-3-4-8(13)9(5-6)17(20)21/h3-5H,2H2,1H3,(H,18,19). The Morgan fingerprint density at radius 2 is 1.95 bits per heavy atom. The lowest BCUT2D eigenvalue weighted by atomic mass is 9.97. The zero-order valence-electron chi connectivity index (χ0n) is 10.6. The van der Waals surface area contributed by atoms with Crippen LogP contribution in [0.2, 0.25) is 0 Å². The van der Waals surface area contributed by atoms with Gasteiger partial charge in [-0.1, -0.05) is 13.0 Å². The van der Waals surface area contributed by atoms with E-state index in [1.807, 2.05) is 0 Å². The molecule has 0 aliphatic rings. The molecule has 0 amide bonds. The first-order valence-corrected chi connectivity index (χ1v) is 5.57. The SMILES string of the molecule is CCC(C(=O)O)=C(c1ccc(F)c([N+](=O)[O-])c1)C(F)(F)F. The Kier molecular flexibility index (Phi) is 4.66. The van der Waals surface area contributed by atoms with Gasteiger partial charge in [-0.2, -0.15) is 17.6 Å². The van der Waals surface area contributed by atoms with Gasteiger partial charge in [0.1, 0.15) is 0 Å². The summed E-state index contributed by atoms with van der Waals surface area (Å²) < 4.78 is 52.3. The molecule has 1 aromatic rings. The second-order valence-corrected chi connectivity index (χ2v) is 3.93. The fourth-order valence-electron chi connectivity index (χ4n) is 1.75. The Morgan fingerprint density at radius 3 is 2.33 bits per heavy atom. The molecule has 0 aliphatic heterocycles. The van der Waals surface area contributed by atoms with Crippen LogP contribution in [0.5, 0.6) is 0 Å². The Hall–Kier alpha value is -2.45. The summed E-state index contributed by atoms with van der Waals surface area (Å²) in [4.78, 5) is 20.3. The molecule has 0 bridgehead atoms. The van der Waals surface area contributed by atoms with Crippen molar-refractivity contribution in [2.24, 2.45) is 0 Å². The first kappa shape index (κ1) is 16.6. The Bertz CT molecular complexity index is 622. The highest BCUT2D eigenvalue weighted by Gasteiger charge is 2.39. The van der Waals surface area contributed by atoms with Crippen molar-refractivity contribution in [1.29, 1.82) is 0 Å². The lowest BCUT2D eigenvalue weighted by Crippen LogP contribution is -2.17. The van der Waals surface area contributed by atoms with Crippen molar-refractivity contribution in [3.63, 3.8) is 0 Å². The zero-order chi connectivity index (χ0) is 16.4. The van der Waals surface area contributed by atoms with Crippen LogP contribution in [-0.2, 0) is 4.79 Å². The molecule has 1 N–H and O–H groups in total. The van der Waals surface area contributed by atoms with Crippen molar-refractivity contribution in [1.82, 2.24) is 0 Å². The quantitative estimate of drug-likeness (QED) is 0.399. The van der Waals surface area contributed by atoms with Crippen LogP contribution in [0.15, 0.2) is 23.8 Å². The zero-order valence-corrected chi connectivity index (χ0v) is 10.6. The van der Waals surface area contributed by atoms with E-state index in [4.69, 9.17) is 5.11 Å². The summed E-state index contributed by atoms with van der Waals surface area (Å²) in [6.45, 7) is 1.20. The third-order valence-corrected chi connectivity index (χ3v) is 2.63. The molecule has 5 nitrogen and oxygen atoms in total. The van der Waals surface area contributed by atoms with Gasteiger partial charge in [0, 0.05) is 11.6 Å². The highest BCUT2D eigenvalue weighted by atomic mass is 19.4. The number of carbonyl (C=O) groups is 1. The van der Waals surface area contributed by atoms with Crippen molar-refractivity contribution < 1.29 is 32.4 Å². The highest BCUT2D eigenvalue weighted by molar-refractivity contribution is 5.97. The van der Waals surface area contributed by atoms with E-state index in [0.717, 1.165) is 0 Å². The maximum absolute atomic E-state index is 13.2. The number of rotatable bonds is 4. The molecule has 0 heterocycles. The van der Waals surface area contributed by atoms with E-state index in [-0.39, 0.29) is 0 Å². The molecule has 0 fully saturated rings. The largest absolute Gasteiger partial charge is 0.478 e. The third-order valence-electron chi connectivity index (χ3n) is 2.63. The van der Waals surface area contributed by atoms with Crippen LogP contribution < -0.4 is 0 Å². The number of allylic oxidation sites excluding steroid dienone is 1. The Balaban J connectivity index is 3.67. The molecule has 0 radical (unpaired) electrons. The number of nitro groups is 1. The average molecular weight is 307 g/mol. The number of aliphatic carboxylic acids is 1. The molecule has 1 aromatic carbocycles. The van der Waals surface area contributed by atoms with Crippen molar-refractivity contribution in [2.75, 3.05) is 0 Å². The van der Waals surface area contributed by atoms with Gasteiger partial charge in [-0.05, 0) is 18.1 Å². The van der Waals surface area contributed by atoms with Crippen molar-refractivity contribution in [3.8, 4) is 0 Å². The van der Waals surface area contributed by atoms with Crippen molar-refractivity contribution in [2.45, 2.75) is 19.5 Å². The number of hydrogen-bond acceptors (Lipinski definition) is 3. The summed E-state index contributed by atoms with van der Waals surface area (Å²) in [6.07, 6.45) is -5.50. The second-order valence-electron chi connectivity index (χ2n) is 3.93. The average Bonchev–Trinajstić information content (AvgIpc) is 2.34. The van der Waals surface area contributed by atoms with E-state index in [0.29, 0.717) is 18.2 Å². The topological polar surface area (TPSA) is 80.4 Å². The number of hydrogen-bond donors (Lipinski definition) is 1.